The fourth-order valence-electron chi connectivity index (χ4n) is 4.17. The van der Waals surface area contributed by atoms with Gasteiger partial charge in [-0.3, -0.25) is 14.1 Å². The minimum absolute atomic E-state index is 0. The van der Waals surface area contributed by atoms with E-state index >= 15 is 0 Å². The molecule has 0 unspecified atom stereocenters. The SMILES string of the molecule is CC(C)c1ccc(C(c2ccc([N+](C)(C)C)cc2)c2ccc(C(C)C)cc(=O)c2O)c(O)c(=O)c1.[I-]. The van der Waals surface area contributed by atoms with Crippen molar-refractivity contribution in [1.29, 1.82) is 0 Å². The number of quaternary nitrogens is 1. The van der Waals surface area contributed by atoms with Crippen LogP contribution in [0.2, 0.25) is 0 Å². The van der Waals surface area contributed by atoms with Gasteiger partial charge in [0, 0.05) is 17.0 Å². The number of aromatic hydroxyl groups is 2. The molecule has 0 radical (unpaired) electrons. The zero-order valence-electron chi connectivity index (χ0n) is 22.0. The van der Waals surface area contributed by atoms with Crippen molar-refractivity contribution in [3.8, 4) is 11.5 Å². The van der Waals surface area contributed by atoms with Gasteiger partial charge in [-0.05, 0) is 52.8 Å². The topological polar surface area (TPSA) is 74.6 Å². The first kappa shape index (κ1) is 29.5. The van der Waals surface area contributed by atoms with Gasteiger partial charge in [-0.1, -0.05) is 64.1 Å². The lowest BCUT2D eigenvalue weighted by atomic mass is 9.85. The van der Waals surface area contributed by atoms with Crippen molar-refractivity contribution in [2.45, 2.75) is 45.4 Å². The van der Waals surface area contributed by atoms with Crippen LogP contribution in [0.25, 0.3) is 0 Å². The molecule has 192 valence electrons. The zero-order valence-corrected chi connectivity index (χ0v) is 24.2. The van der Waals surface area contributed by atoms with Crippen LogP contribution in [0.15, 0.2) is 70.3 Å². The molecule has 0 aliphatic rings. The summed E-state index contributed by atoms with van der Waals surface area (Å²) in [5, 5.41) is 22.1. The van der Waals surface area contributed by atoms with Gasteiger partial charge < -0.3 is 34.2 Å². The van der Waals surface area contributed by atoms with E-state index in [-0.39, 0.29) is 47.3 Å². The van der Waals surface area contributed by atoms with Crippen LogP contribution in [0.5, 0.6) is 11.5 Å². The predicted octanol–water partition coefficient (Wildman–Crippen LogP) is 2.45. The van der Waals surface area contributed by atoms with Crippen LogP contribution in [0.3, 0.4) is 0 Å². The summed E-state index contributed by atoms with van der Waals surface area (Å²) in [6.07, 6.45) is 0. The van der Waals surface area contributed by atoms with Crippen LogP contribution in [0.4, 0.5) is 5.69 Å². The van der Waals surface area contributed by atoms with Crippen molar-refractivity contribution < 1.29 is 34.2 Å². The van der Waals surface area contributed by atoms with Gasteiger partial charge >= 0.3 is 0 Å². The van der Waals surface area contributed by atoms with Gasteiger partial charge in [0.25, 0.3) is 0 Å². The standard InChI is InChI=1S/C30H35NO4.HI/c1-18(2)21-10-14-24(29(34)26(32)16-21)28(20-8-12-23(13-9-20)31(5,6)7)25-15-11-22(19(3)4)17-27(33)30(25)35;/h8-19,28H,1-7H3,(H-,32,33,34,35);1H. The molecule has 3 aromatic rings. The quantitative estimate of drug-likeness (QED) is 0.337. The van der Waals surface area contributed by atoms with E-state index in [9.17, 15) is 19.8 Å². The third-order valence-corrected chi connectivity index (χ3v) is 6.48. The van der Waals surface area contributed by atoms with Crippen LogP contribution in [-0.4, -0.2) is 31.4 Å². The second-order valence-electron chi connectivity index (χ2n) is 10.6. The molecular formula is C30H36INO4. The molecule has 6 heteroatoms. The molecule has 0 spiro atoms. The molecular weight excluding hydrogens is 565 g/mol. The molecule has 3 rings (SSSR count). The van der Waals surface area contributed by atoms with E-state index in [2.05, 4.69) is 21.1 Å². The van der Waals surface area contributed by atoms with E-state index in [4.69, 9.17) is 0 Å². The average molecular weight is 602 g/mol. The highest BCUT2D eigenvalue weighted by Gasteiger charge is 2.26. The molecule has 0 bridgehead atoms. The van der Waals surface area contributed by atoms with E-state index in [0.29, 0.717) is 15.6 Å². The van der Waals surface area contributed by atoms with Crippen LogP contribution >= 0.6 is 0 Å². The summed E-state index contributed by atoms with van der Waals surface area (Å²) in [4.78, 5) is 25.8. The zero-order chi connectivity index (χ0) is 26.1. The molecule has 0 fully saturated rings. The van der Waals surface area contributed by atoms with Gasteiger partial charge in [0.15, 0.2) is 11.5 Å². The Balaban J connectivity index is 0.00000456. The summed E-state index contributed by atoms with van der Waals surface area (Å²) in [6, 6.07) is 17.8. The second kappa shape index (κ2) is 11.6. The van der Waals surface area contributed by atoms with Gasteiger partial charge in [0.05, 0.1) is 21.1 Å². The lowest BCUT2D eigenvalue weighted by Crippen LogP contribution is -3.00. The van der Waals surface area contributed by atoms with Crippen LogP contribution in [0.1, 0.15) is 73.3 Å². The minimum Gasteiger partial charge on any atom is -1.00 e. The molecule has 5 nitrogen and oxygen atoms in total. The molecule has 0 aromatic heterocycles. The third kappa shape index (κ3) is 6.34. The van der Waals surface area contributed by atoms with Gasteiger partial charge in [0.1, 0.15) is 5.69 Å². The van der Waals surface area contributed by atoms with Crippen molar-refractivity contribution in [3.05, 3.63) is 109 Å². The Hall–Kier alpha value is -2.71. The largest absolute Gasteiger partial charge is 1.00 e. The highest BCUT2D eigenvalue weighted by Crippen LogP contribution is 2.39. The Morgan fingerprint density at radius 1 is 0.611 bits per heavy atom. The smallest absolute Gasteiger partial charge is 0.220 e. The molecule has 2 N–H and O–H groups in total. The number of hydrogen-bond acceptors (Lipinski definition) is 4. The summed E-state index contributed by atoms with van der Waals surface area (Å²) in [6.45, 7) is 7.92. The van der Waals surface area contributed by atoms with Crippen LogP contribution < -0.4 is 39.3 Å². The molecule has 0 aliphatic heterocycles. The minimum atomic E-state index is -0.725. The van der Waals surface area contributed by atoms with E-state index in [1.165, 1.54) is 12.1 Å². The Labute approximate surface area is 230 Å². The fraction of sp³-hybridized carbons (Fsp3) is 0.333. The lowest BCUT2D eigenvalue weighted by Gasteiger charge is -2.24. The molecule has 0 saturated carbocycles. The van der Waals surface area contributed by atoms with Crippen LogP contribution in [0, 0.1) is 0 Å². The molecule has 0 aliphatic carbocycles. The molecule has 36 heavy (non-hydrogen) atoms. The van der Waals surface area contributed by atoms with Crippen molar-refractivity contribution in [2.24, 2.45) is 0 Å². The van der Waals surface area contributed by atoms with E-state index < -0.39 is 16.8 Å². The average Bonchev–Trinajstić information content (AvgIpc) is 3.02. The van der Waals surface area contributed by atoms with Crippen LogP contribution in [-0.2, 0) is 0 Å². The Morgan fingerprint density at radius 3 is 1.31 bits per heavy atom. The maximum atomic E-state index is 12.9. The fourth-order valence-corrected chi connectivity index (χ4v) is 4.17. The first-order valence-corrected chi connectivity index (χ1v) is 12.0. The van der Waals surface area contributed by atoms with Crippen molar-refractivity contribution in [3.63, 3.8) is 0 Å². The summed E-state index contributed by atoms with van der Waals surface area (Å²) in [7, 11) is 6.19. The predicted molar refractivity (Wildman–Crippen MR) is 144 cm³/mol. The lowest BCUT2D eigenvalue weighted by molar-refractivity contribution is -0.00000963. The van der Waals surface area contributed by atoms with Crippen molar-refractivity contribution in [2.75, 3.05) is 21.1 Å². The molecule has 0 amide bonds. The van der Waals surface area contributed by atoms with Gasteiger partial charge in [-0.2, -0.15) is 0 Å². The number of rotatable bonds is 6. The monoisotopic (exact) mass is 601 g/mol. The van der Waals surface area contributed by atoms with Gasteiger partial charge in [-0.25, -0.2) is 0 Å². The normalized spacial score (nSPS) is 11.6. The van der Waals surface area contributed by atoms with Crippen molar-refractivity contribution >= 4 is 5.69 Å². The molecule has 3 aromatic carbocycles. The third-order valence-electron chi connectivity index (χ3n) is 6.48. The number of nitrogens with zero attached hydrogens (tertiary/aromatic N) is 1. The van der Waals surface area contributed by atoms with Gasteiger partial charge in [0.2, 0.25) is 10.9 Å². The number of hydrogen-bond donors (Lipinski definition) is 2. The highest BCUT2D eigenvalue weighted by molar-refractivity contribution is 5.54. The van der Waals surface area contributed by atoms with E-state index in [0.717, 1.165) is 22.4 Å². The van der Waals surface area contributed by atoms with E-state index in [1.54, 1.807) is 12.1 Å². The molecule has 0 atom stereocenters. The van der Waals surface area contributed by atoms with Gasteiger partial charge in [-0.15, -0.1) is 0 Å². The molecule has 0 saturated heterocycles. The first-order chi connectivity index (χ1) is 16.3. The summed E-state index contributed by atoms with van der Waals surface area (Å²) < 4.78 is 0.618. The highest BCUT2D eigenvalue weighted by atomic mass is 127. The Kier molecular flexibility index (Phi) is 9.48. The Morgan fingerprint density at radius 2 is 0.972 bits per heavy atom. The summed E-state index contributed by atoms with van der Waals surface area (Å²) in [5.74, 6) is -1.32. The van der Waals surface area contributed by atoms with E-state index in [1.807, 2.05) is 64.1 Å². The number of halogens is 1. The maximum Gasteiger partial charge on any atom is 0.220 e. The Bertz CT molecular complexity index is 1270. The molecule has 0 heterocycles. The maximum absolute atomic E-state index is 12.9. The summed E-state index contributed by atoms with van der Waals surface area (Å²) in [5.41, 5.74) is 3.10. The number of benzene rings is 1. The first-order valence-electron chi connectivity index (χ1n) is 12.0. The van der Waals surface area contributed by atoms with Crippen molar-refractivity contribution in [1.82, 2.24) is 4.48 Å². The summed E-state index contributed by atoms with van der Waals surface area (Å²) >= 11 is 0. The second-order valence-corrected chi connectivity index (χ2v) is 10.6.